The first kappa shape index (κ1) is 15.0. The highest BCUT2D eigenvalue weighted by Crippen LogP contribution is 2.20. The van der Waals surface area contributed by atoms with Gasteiger partial charge in [0.2, 0.25) is 0 Å². The van der Waals surface area contributed by atoms with Crippen LogP contribution in [-0.4, -0.2) is 29.9 Å². The fourth-order valence-electron chi connectivity index (χ4n) is 2.22. The molecule has 0 bridgehead atoms. The second-order valence-corrected chi connectivity index (χ2v) is 4.98. The number of nitrogen functional groups attached to an aromatic ring is 1. The molecule has 0 unspecified atom stereocenters. The number of aromatic nitrogens is 1. The van der Waals surface area contributed by atoms with E-state index in [2.05, 4.69) is 16.9 Å². The molecule has 5 nitrogen and oxygen atoms in total. The third-order valence-electron chi connectivity index (χ3n) is 3.21. The monoisotopic (exact) mass is 284 g/mol. The summed E-state index contributed by atoms with van der Waals surface area (Å²) in [5.41, 5.74) is 8.49. The van der Waals surface area contributed by atoms with Crippen LogP contribution in [0.2, 0.25) is 0 Å². The summed E-state index contributed by atoms with van der Waals surface area (Å²) < 4.78 is 5.30. The number of hydrogen-bond acceptors (Lipinski definition) is 4. The van der Waals surface area contributed by atoms with Gasteiger partial charge in [0.05, 0.1) is 12.7 Å². The molecule has 0 saturated carbocycles. The van der Waals surface area contributed by atoms with Gasteiger partial charge in [-0.2, -0.15) is 0 Å². The molecule has 0 aliphatic rings. The van der Waals surface area contributed by atoms with Gasteiger partial charge >= 0.3 is 0 Å². The summed E-state index contributed by atoms with van der Waals surface area (Å²) in [6, 6.07) is 9.75. The highest BCUT2D eigenvalue weighted by molar-refractivity contribution is 5.97. The Labute approximate surface area is 124 Å². The number of methoxy groups -OCH3 is 1. The minimum atomic E-state index is 0.0172. The van der Waals surface area contributed by atoms with E-state index in [0.29, 0.717) is 11.3 Å². The van der Waals surface area contributed by atoms with Crippen LogP contribution >= 0.6 is 0 Å². The molecule has 0 spiro atoms. The van der Waals surface area contributed by atoms with Crippen molar-refractivity contribution in [3.05, 3.63) is 59.4 Å². The van der Waals surface area contributed by atoms with Crippen molar-refractivity contribution in [3.63, 3.8) is 0 Å². The summed E-state index contributed by atoms with van der Waals surface area (Å²) in [4.78, 5) is 6.22. The van der Waals surface area contributed by atoms with Crippen molar-refractivity contribution in [2.24, 2.45) is 5.73 Å². The van der Waals surface area contributed by atoms with Crippen molar-refractivity contribution in [1.29, 1.82) is 5.41 Å². The molecule has 0 amide bonds. The highest BCUT2D eigenvalue weighted by Gasteiger charge is 2.08. The van der Waals surface area contributed by atoms with Gasteiger partial charge in [-0.1, -0.05) is 6.07 Å². The quantitative estimate of drug-likeness (QED) is 0.628. The van der Waals surface area contributed by atoms with Crippen LogP contribution in [0.3, 0.4) is 0 Å². The van der Waals surface area contributed by atoms with Crippen molar-refractivity contribution in [2.45, 2.75) is 13.1 Å². The summed E-state index contributed by atoms with van der Waals surface area (Å²) in [6.45, 7) is 1.64. The predicted octanol–water partition coefficient (Wildman–Crippen LogP) is 2.01. The lowest BCUT2D eigenvalue weighted by molar-refractivity contribution is 0.318. The topological polar surface area (TPSA) is 75.2 Å². The SMILES string of the molecule is COc1cc(CN(C)Cc2ccncc2)ccc1C(=N)N. The molecule has 0 saturated heterocycles. The molecule has 3 N–H and O–H groups in total. The van der Waals surface area contributed by atoms with Gasteiger partial charge in [-0.15, -0.1) is 0 Å². The van der Waals surface area contributed by atoms with Crippen LogP contribution in [0.5, 0.6) is 5.75 Å². The van der Waals surface area contributed by atoms with Gasteiger partial charge in [-0.25, -0.2) is 0 Å². The van der Waals surface area contributed by atoms with E-state index >= 15 is 0 Å². The lowest BCUT2D eigenvalue weighted by Crippen LogP contribution is -2.18. The largest absolute Gasteiger partial charge is 0.496 e. The normalized spacial score (nSPS) is 10.6. The average Bonchev–Trinajstić information content (AvgIpc) is 2.47. The highest BCUT2D eigenvalue weighted by atomic mass is 16.5. The third kappa shape index (κ3) is 4.03. The minimum Gasteiger partial charge on any atom is -0.496 e. The molecule has 0 atom stereocenters. The smallest absolute Gasteiger partial charge is 0.130 e. The molecule has 1 aromatic heterocycles. The lowest BCUT2D eigenvalue weighted by atomic mass is 10.1. The van der Waals surface area contributed by atoms with E-state index in [-0.39, 0.29) is 5.84 Å². The first-order valence-electron chi connectivity index (χ1n) is 6.69. The molecule has 110 valence electrons. The second kappa shape index (κ2) is 6.85. The Morgan fingerprint density at radius 1 is 1.19 bits per heavy atom. The molecule has 0 fully saturated rings. The Bertz CT molecular complexity index is 613. The van der Waals surface area contributed by atoms with Crippen LogP contribution in [0.4, 0.5) is 0 Å². The number of nitrogens with zero attached hydrogens (tertiary/aromatic N) is 2. The van der Waals surface area contributed by atoms with E-state index in [1.807, 2.05) is 30.3 Å². The van der Waals surface area contributed by atoms with Crippen LogP contribution in [-0.2, 0) is 13.1 Å². The maximum Gasteiger partial charge on any atom is 0.130 e. The zero-order valence-electron chi connectivity index (χ0n) is 12.3. The Hall–Kier alpha value is -2.40. The average molecular weight is 284 g/mol. The Balaban J connectivity index is 2.07. The number of ether oxygens (including phenoxy) is 1. The van der Waals surface area contributed by atoms with Gasteiger partial charge in [0.1, 0.15) is 11.6 Å². The van der Waals surface area contributed by atoms with E-state index in [9.17, 15) is 0 Å². The van der Waals surface area contributed by atoms with E-state index in [0.717, 1.165) is 18.7 Å². The first-order valence-corrected chi connectivity index (χ1v) is 6.69. The van der Waals surface area contributed by atoms with Crippen LogP contribution in [0, 0.1) is 5.41 Å². The zero-order valence-corrected chi connectivity index (χ0v) is 12.3. The van der Waals surface area contributed by atoms with Crippen molar-refractivity contribution < 1.29 is 4.74 Å². The molecule has 2 aromatic rings. The van der Waals surface area contributed by atoms with Crippen LogP contribution in [0.25, 0.3) is 0 Å². The maximum absolute atomic E-state index is 7.52. The first-order chi connectivity index (χ1) is 10.1. The molecule has 1 heterocycles. The van der Waals surface area contributed by atoms with E-state index in [1.54, 1.807) is 19.5 Å². The number of pyridine rings is 1. The molecule has 2 rings (SSSR count). The fraction of sp³-hybridized carbons (Fsp3) is 0.250. The summed E-state index contributed by atoms with van der Waals surface area (Å²) >= 11 is 0. The number of nitrogens with one attached hydrogen (secondary N) is 1. The molecule has 21 heavy (non-hydrogen) atoms. The van der Waals surface area contributed by atoms with Gasteiger partial charge in [0.15, 0.2) is 0 Å². The molecular formula is C16H20N4O. The molecule has 5 heteroatoms. The van der Waals surface area contributed by atoms with Gasteiger partial charge in [0, 0.05) is 25.5 Å². The second-order valence-electron chi connectivity index (χ2n) is 4.98. The number of nitrogens with two attached hydrogens (primary N) is 1. The van der Waals surface area contributed by atoms with E-state index < -0.39 is 0 Å². The summed E-state index contributed by atoms with van der Waals surface area (Å²) in [6.07, 6.45) is 3.60. The van der Waals surface area contributed by atoms with Gasteiger partial charge < -0.3 is 10.5 Å². The van der Waals surface area contributed by atoms with E-state index in [1.165, 1.54) is 5.56 Å². The Morgan fingerprint density at radius 2 is 1.86 bits per heavy atom. The van der Waals surface area contributed by atoms with Crippen LogP contribution in [0.1, 0.15) is 16.7 Å². The lowest BCUT2D eigenvalue weighted by Gasteiger charge is -2.18. The number of rotatable bonds is 6. The molecule has 0 aliphatic heterocycles. The molecule has 0 aliphatic carbocycles. The molecule has 1 aromatic carbocycles. The van der Waals surface area contributed by atoms with Crippen molar-refractivity contribution in [2.75, 3.05) is 14.2 Å². The van der Waals surface area contributed by atoms with Crippen molar-refractivity contribution in [1.82, 2.24) is 9.88 Å². The Morgan fingerprint density at radius 3 is 2.48 bits per heavy atom. The van der Waals surface area contributed by atoms with E-state index in [4.69, 9.17) is 15.9 Å². The van der Waals surface area contributed by atoms with Gasteiger partial charge in [0.25, 0.3) is 0 Å². The Kier molecular flexibility index (Phi) is 4.90. The van der Waals surface area contributed by atoms with Gasteiger partial charge in [-0.3, -0.25) is 15.3 Å². The summed E-state index contributed by atoms with van der Waals surface area (Å²) in [5.74, 6) is 0.654. The number of benzene rings is 1. The summed E-state index contributed by atoms with van der Waals surface area (Å²) in [7, 11) is 3.65. The van der Waals surface area contributed by atoms with Crippen molar-refractivity contribution >= 4 is 5.84 Å². The van der Waals surface area contributed by atoms with Crippen LogP contribution < -0.4 is 10.5 Å². The third-order valence-corrected chi connectivity index (χ3v) is 3.21. The summed E-state index contributed by atoms with van der Waals surface area (Å²) in [5, 5.41) is 7.52. The molecular weight excluding hydrogens is 264 g/mol. The number of hydrogen-bond donors (Lipinski definition) is 2. The number of amidine groups is 1. The van der Waals surface area contributed by atoms with Crippen LogP contribution in [0.15, 0.2) is 42.7 Å². The zero-order chi connectivity index (χ0) is 15.2. The standard InChI is InChI=1S/C16H20N4O/c1-20(10-12-5-7-19-8-6-12)11-13-3-4-14(16(17)18)15(9-13)21-2/h3-9H,10-11H2,1-2H3,(H3,17,18). The van der Waals surface area contributed by atoms with Gasteiger partial charge in [-0.05, 0) is 42.4 Å². The molecule has 0 radical (unpaired) electrons. The minimum absolute atomic E-state index is 0.0172. The fourth-order valence-corrected chi connectivity index (χ4v) is 2.22. The predicted molar refractivity (Wildman–Crippen MR) is 83.4 cm³/mol. The maximum atomic E-state index is 7.52. The van der Waals surface area contributed by atoms with Crippen molar-refractivity contribution in [3.8, 4) is 5.75 Å².